The van der Waals surface area contributed by atoms with Crippen molar-refractivity contribution in [1.82, 2.24) is 9.47 Å². The second-order valence-electron chi connectivity index (χ2n) is 7.37. The first-order chi connectivity index (χ1) is 11.3. The third-order valence-electron chi connectivity index (χ3n) is 5.56. The number of aromatic nitrogens is 1. The third kappa shape index (κ3) is 3.23. The third-order valence-corrected chi connectivity index (χ3v) is 5.56. The summed E-state index contributed by atoms with van der Waals surface area (Å²) >= 11 is 0. The molecule has 1 fully saturated rings. The van der Waals surface area contributed by atoms with Gasteiger partial charge >= 0.3 is 0 Å². The molecule has 2 aromatic rings. The largest absolute Gasteiger partial charge is 0.350 e. The van der Waals surface area contributed by atoms with Gasteiger partial charge in [0.05, 0.1) is 0 Å². The van der Waals surface area contributed by atoms with E-state index in [2.05, 4.69) is 47.0 Å². The first kappa shape index (κ1) is 15.0. The van der Waals surface area contributed by atoms with Crippen LogP contribution in [0.3, 0.4) is 0 Å². The summed E-state index contributed by atoms with van der Waals surface area (Å²) in [6.45, 7) is 3.64. The van der Waals surface area contributed by atoms with Gasteiger partial charge in [0.2, 0.25) is 0 Å². The van der Waals surface area contributed by atoms with Crippen molar-refractivity contribution in [1.29, 1.82) is 0 Å². The van der Waals surface area contributed by atoms with Crippen molar-refractivity contribution in [2.45, 2.75) is 51.5 Å². The molecule has 0 saturated carbocycles. The molecule has 2 heterocycles. The lowest BCUT2D eigenvalue weighted by Gasteiger charge is -2.25. The van der Waals surface area contributed by atoms with Crippen LogP contribution in [0.25, 0.3) is 11.3 Å². The number of fused-ring (bicyclic) bond motifs is 1. The number of rotatable bonds is 3. The molecule has 2 heteroatoms. The van der Waals surface area contributed by atoms with Gasteiger partial charge in [0.1, 0.15) is 0 Å². The molecule has 0 spiro atoms. The number of hydrogen-bond donors (Lipinski definition) is 0. The van der Waals surface area contributed by atoms with E-state index in [4.69, 9.17) is 0 Å². The summed E-state index contributed by atoms with van der Waals surface area (Å²) < 4.78 is 2.31. The predicted octanol–water partition coefficient (Wildman–Crippen LogP) is 4.56. The zero-order valence-corrected chi connectivity index (χ0v) is 14.4. The van der Waals surface area contributed by atoms with E-state index in [1.165, 1.54) is 74.9 Å². The maximum Gasteiger partial charge on any atom is 0.0481 e. The van der Waals surface area contributed by atoms with Crippen LogP contribution in [0.2, 0.25) is 0 Å². The van der Waals surface area contributed by atoms with Gasteiger partial charge in [-0.3, -0.25) is 4.90 Å². The second kappa shape index (κ2) is 6.52. The van der Waals surface area contributed by atoms with Crippen molar-refractivity contribution in [3.63, 3.8) is 0 Å². The minimum Gasteiger partial charge on any atom is -0.350 e. The van der Waals surface area contributed by atoms with Gasteiger partial charge in [0.15, 0.2) is 0 Å². The van der Waals surface area contributed by atoms with Gasteiger partial charge < -0.3 is 4.57 Å². The molecular weight excluding hydrogens is 280 g/mol. The van der Waals surface area contributed by atoms with Crippen molar-refractivity contribution in [2.24, 2.45) is 7.05 Å². The average molecular weight is 308 g/mol. The number of piperidine rings is 1. The molecular formula is C21H28N2. The van der Waals surface area contributed by atoms with E-state index in [0.717, 1.165) is 6.54 Å². The van der Waals surface area contributed by atoms with Crippen molar-refractivity contribution in [2.75, 3.05) is 13.1 Å². The van der Waals surface area contributed by atoms with Crippen molar-refractivity contribution in [3.05, 3.63) is 47.2 Å². The van der Waals surface area contributed by atoms with Gasteiger partial charge in [-0.25, -0.2) is 0 Å². The van der Waals surface area contributed by atoms with Crippen molar-refractivity contribution >= 4 is 0 Å². The maximum atomic E-state index is 2.61. The summed E-state index contributed by atoms with van der Waals surface area (Å²) in [6, 6.07) is 9.53. The molecule has 2 aliphatic rings. The summed E-state index contributed by atoms with van der Waals surface area (Å²) in [5.74, 6) is 0. The molecule has 0 amide bonds. The van der Waals surface area contributed by atoms with Crippen LogP contribution in [-0.2, 0) is 26.4 Å². The van der Waals surface area contributed by atoms with Gasteiger partial charge in [0, 0.05) is 25.5 Å². The summed E-state index contributed by atoms with van der Waals surface area (Å²) in [6.07, 6.45) is 11.7. The fourth-order valence-corrected chi connectivity index (χ4v) is 4.27. The molecule has 2 nitrogen and oxygen atoms in total. The van der Waals surface area contributed by atoms with E-state index in [-0.39, 0.29) is 0 Å². The molecule has 1 aliphatic heterocycles. The zero-order chi connectivity index (χ0) is 15.6. The monoisotopic (exact) mass is 308 g/mol. The molecule has 1 aliphatic carbocycles. The Bertz CT molecular complexity index is 677. The first-order valence-electron chi connectivity index (χ1n) is 9.29. The molecule has 23 heavy (non-hydrogen) atoms. The van der Waals surface area contributed by atoms with Crippen LogP contribution >= 0.6 is 0 Å². The fourth-order valence-electron chi connectivity index (χ4n) is 4.27. The van der Waals surface area contributed by atoms with E-state index in [9.17, 15) is 0 Å². The Morgan fingerprint density at radius 2 is 1.65 bits per heavy atom. The fraction of sp³-hybridized carbons (Fsp3) is 0.524. The van der Waals surface area contributed by atoms with E-state index < -0.39 is 0 Å². The highest BCUT2D eigenvalue weighted by Crippen LogP contribution is 2.29. The van der Waals surface area contributed by atoms with Gasteiger partial charge in [-0.2, -0.15) is 0 Å². The summed E-state index contributed by atoms with van der Waals surface area (Å²) in [5.41, 5.74) is 7.36. The molecule has 1 aromatic heterocycles. The summed E-state index contributed by atoms with van der Waals surface area (Å²) in [7, 11) is 2.19. The number of aryl methyl sites for hydroxylation is 3. The van der Waals surface area contributed by atoms with E-state index in [1.807, 2.05) is 0 Å². The topological polar surface area (TPSA) is 8.17 Å². The Morgan fingerprint density at radius 1 is 0.870 bits per heavy atom. The first-order valence-corrected chi connectivity index (χ1v) is 9.29. The van der Waals surface area contributed by atoms with Crippen LogP contribution in [0.15, 0.2) is 30.5 Å². The zero-order valence-electron chi connectivity index (χ0n) is 14.4. The number of benzene rings is 1. The van der Waals surface area contributed by atoms with E-state index in [0.29, 0.717) is 0 Å². The second-order valence-corrected chi connectivity index (χ2v) is 7.37. The van der Waals surface area contributed by atoms with E-state index >= 15 is 0 Å². The highest BCUT2D eigenvalue weighted by molar-refractivity contribution is 5.63. The normalized spacial score (nSPS) is 18.8. The van der Waals surface area contributed by atoms with E-state index in [1.54, 1.807) is 11.1 Å². The van der Waals surface area contributed by atoms with Gasteiger partial charge in [-0.15, -0.1) is 0 Å². The van der Waals surface area contributed by atoms with Crippen LogP contribution in [0.5, 0.6) is 0 Å². The Hall–Kier alpha value is -1.54. The van der Waals surface area contributed by atoms with Crippen molar-refractivity contribution in [3.8, 4) is 11.3 Å². The predicted molar refractivity (Wildman–Crippen MR) is 96.6 cm³/mol. The van der Waals surface area contributed by atoms with Crippen LogP contribution in [0.4, 0.5) is 0 Å². The lowest BCUT2D eigenvalue weighted by Crippen LogP contribution is -2.28. The Morgan fingerprint density at radius 3 is 2.48 bits per heavy atom. The molecule has 1 saturated heterocycles. The highest BCUT2D eigenvalue weighted by Gasteiger charge is 2.14. The SMILES string of the molecule is Cn1cc(CN2CCCCC2)cc1-c1ccc2c(c1)CCCC2. The van der Waals surface area contributed by atoms with Gasteiger partial charge in [-0.05, 0) is 86.0 Å². The van der Waals surface area contributed by atoms with Crippen LogP contribution in [0, 0.1) is 0 Å². The maximum absolute atomic E-state index is 2.61. The highest BCUT2D eigenvalue weighted by atomic mass is 15.1. The van der Waals surface area contributed by atoms with Gasteiger partial charge in [0.25, 0.3) is 0 Å². The average Bonchev–Trinajstić information content (AvgIpc) is 2.95. The molecule has 0 unspecified atom stereocenters. The minimum atomic E-state index is 1.11. The van der Waals surface area contributed by atoms with Crippen LogP contribution < -0.4 is 0 Å². The molecule has 122 valence electrons. The smallest absolute Gasteiger partial charge is 0.0481 e. The van der Waals surface area contributed by atoms with Gasteiger partial charge in [-0.1, -0.05) is 18.6 Å². The standard InChI is InChI=1S/C21H28N2/c1-22-15-17(16-23-11-5-2-6-12-23)13-21(22)20-10-9-18-7-3-4-8-19(18)14-20/h9-10,13-15H,2-8,11-12,16H2,1H3. The Kier molecular flexibility index (Phi) is 4.26. The summed E-state index contributed by atoms with van der Waals surface area (Å²) in [5, 5.41) is 0. The molecule has 0 atom stereocenters. The summed E-state index contributed by atoms with van der Waals surface area (Å²) in [4.78, 5) is 2.61. The van der Waals surface area contributed by atoms with Crippen LogP contribution in [0.1, 0.15) is 48.8 Å². The molecule has 1 aromatic carbocycles. The quantitative estimate of drug-likeness (QED) is 0.807. The lowest BCUT2D eigenvalue weighted by atomic mass is 9.90. The number of nitrogens with zero attached hydrogens (tertiary/aromatic N) is 2. The molecule has 0 bridgehead atoms. The number of hydrogen-bond acceptors (Lipinski definition) is 1. The Labute approximate surface area is 140 Å². The lowest BCUT2D eigenvalue weighted by molar-refractivity contribution is 0.221. The Balaban J connectivity index is 1.56. The van der Waals surface area contributed by atoms with Crippen LogP contribution in [-0.4, -0.2) is 22.6 Å². The molecule has 4 rings (SSSR count). The minimum absolute atomic E-state index is 1.11. The van der Waals surface area contributed by atoms with Crippen molar-refractivity contribution < 1.29 is 0 Å². The molecule has 0 N–H and O–H groups in total. The molecule has 0 radical (unpaired) electrons. The number of likely N-dealkylation sites (tertiary alicyclic amines) is 1.